The van der Waals surface area contributed by atoms with Gasteiger partial charge in [0.25, 0.3) is 0 Å². The first-order chi connectivity index (χ1) is 6.74. The molecule has 0 saturated carbocycles. The number of ether oxygens (including phenoxy) is 1. The van der Waals surface area contributed by atoms with Gasteiger partial charge < -0.3 is 4.74 Å². The molecule has 1 aromatic rings. The lowest BCUT2D eigenvalue weighted by atomic mass is 10.1. The molecule has 76 valence electrons. The van der Waals surface area contributed by atoms with Crippen molar-refractivity contribution >= 4 is 5.76 Å². The molecule has 0 atom stereocenters. The van der Waals surface area contributed by atoms with Gasteiger partial charge in [0.2, 0.25) is 0 Å². The van der Waals surface area contributed by atoms with Crippen LogP contribution in [0.5, 0.6) is 0 Å². The third-order valence-electron chi connectivity index (χ3n) is 2.15. The van der Waals surface area contributed by atoms with Crippen molar-refractivity contribution in [3.63, 3.8) is 0 Å². The van der Waals surface area contributed by atoms with Crippen LogP contribution in [-0.4, -0.2) is 6.61 Å². The van der Waals surface area contributed by atoms with Crippen LogP contribution in [0.1, 0.15) is 30.9 Å². The van der Waals surface area contributed by atoms with Crippen molar-refractivity contribution in [1.82, 2.24) is 0 Å². The molecule has 0 heterocycles. The summed E-state index contributed by atoms with van der Waals surface area (Å²) in [4.78, 5) is 0. The lowest BCUT2D eigenvalue weighted by molar-refractivity contribution is 0.271. The smallest absolute Gasteiger partial charge is 0.119 e. The van der Waals surface area contributed by atoms with E-state index in [4.69, 9.17) is 4.74 Å². The minimum absolute atomic E-state index is 0.767. The largest absolute Gasteiger partial charge is 0.494 e. The first kappa shape index (κ1) is 10.8. The van der Waals surface area contributed by atoms with Crippen LogP contribution in [0.2, 0.25) is 0 Å². The predicted octanol–water partition coefficient (Wildman–Crippen LogP) is 3.78. The van der Waals surface area contributed by atoms with E-state index < -0.39 is 0 Å². The van der Waals surface area contributed by atoms with E-state index >= 15 is 0 Å². The average Bonchev–Trinajstić information content (AvgIpc) is 2.19. The van der Waals surface area contributed by atoms with Crippen LogP contribution >= 0.6 is 0 Å². The van der Waals surface area contributed by atoms with Gasteiger partial charge in [-0.3, -0.25) is 0 Å². The summed E-state index contributed by atoms with van der Waals surface area (Å²) in [5.41, 5.74) is 2.34. The molecule has 0 bridgehead atoms. The Bertz CT molecular complexity index is 285. The zero-order valence-corrected chi connectivity index (χ0v) is 9.05. The summed E-state index contributed by atoms with van der Waals surface area (Å²) in [6.07, 6.45) is 2.24. The van der Waals surface area contributed by atoms with Crippen molar-refractivity contribution in [3.8, 4) is 0 Å². The Morgan fingerprint density at radius 3 is 2.50 bits per heavy atom. The van der Waals surface area contributed by atoms with Crippen molar-refractivity contribution in [2.24, 2.45) is 0 Å². The van der Waals surface area contributed by atoms with Crippen LogP contribution in [0.15, 0.2) is 30.8 Å². The Balaban J connectivity index is 2.48. The van der Waals surface area contributed by atoms with Gasteiger partial charge >= 0.3 is 0 Å². The molecular formula is C13H18O. The quantitative estimate of drug-likeness (QED) is 0.507. The maximum atomic E-state index is 5.51. The first-order valence-electron chi connectivity index (χ1n) is 5.12. The van der Waals surface area contributed by atoms with Crippen LogP contribution in [0.25, 0.3) is 5.76 Å². The van der Waals surface area contributed by atoms with Gasteiger partial charge in [-0.2, -0.15) is 0 Å². The zero-order chi connectivity index (χ0) is 10.4. The van der Waals surface area contributed by atoms with E-state index in [9.17, 15) is 0 Å². The number of hydrogen-bond acceptors (Lipinski definition) is 1. The summed E-state index contributed by atoms with van der Waals surface area (Å²) in [5.74, 6) is 0.776. The first-order valence-corrected chi connectivity index (χ1v) is 5.12. The van der Waals surface area contributed by atoms with Crippen LogP contribution in [-0.2, 0) is 4.74 Å². The fourth-order valence-corrected chi connectivity index (χ4v) is 1.16. The molecule has 0 radical (unpaired) electrons. The molecule has 1 rings (SSSR count). The third kappa shape index (κ3) is 3.25. The van der Waals surface area contributed by atoms with Gasteiger partial charge in [-0.05, 0) is 13.3 Å². The minimum Gasteiger partial charge on any atom is -0.494 e. The molecule has 0 fully saturated rings. The molecule has 1 heteroatoms. The van der Waals surface area contributed by atoms with Crippen molar-refractivity contribution < 1.29 is 4.74 Å². The van der Waals surface area contributed by atoms with E-state index in [-0.39, 0.29) is 0 Å². The lowest BCUT2D eigenvalue weighted by Crippen LogP contribution is -1.93. The summed E-state index contributed by atoms with van der Waals surface area (Å²) >= 11 is 0. The highest BCUT2D eigenvalue weighted by molar-refractivity contribution is 5.57. The average molecular weight is 190 g/mol. The molecule has 1 nitrogen and oxygen atoms in total. The van der Waals surface area contributed by atoms with Crippen molar-refractivity contribution in [1.29, 1.82) is 0 Å². The maximum Gasteiger partial charge on any atom is 0.119 e. The van der Waals surface area contributed by atoms with E-state index in [0.29, 0.717) is 0 Å². The highest BCUT2D eigenvalue weighted by atomic mass is 16.5. The predicted molar refractivity (Wildman–Crippen MR) is 61.1 cm³/mol. The van der Waals surface area contributed by atoms with Crippen LogP contribution in [0, 0.1) is 6.92 Å². The second kappa shape index (κ2) is 5.48. The third-order valence-corrected chi connectivity index (χ3v) is 2.15. The minimum atomic E-state index is 0.767. The number of rotatable bonds is 5. The molecule has 0 unspecified atom stereocenters. The molecule has 0 saturated heterocycles. The maximum absolute atomic E-state index is 5.51. The van der Waals surface area contributed by atoms with E-state index in [1.165, 1.54) is 5.56 Å². The molecular weight excluding hydrogens is 172 g/mol. The molecule has 0 N–H and O–H groups in total. The zero-order valence-electron chi connectivity index (χ0n) is 9.05. The van der Waals surface area contributed by atoms with E-state index in [0.717, 1.165) is 30.8 Å². The van der Waals surface area contributed by atoms with Gasteiger partial charge in [0, 0.05) is 5.56 Å². The molecule has 1 aromatic carbocycles. The van der Waals surface area contributed by atoms with Crippen LogP contribution < -0.4 is 0 Å². The molecule has 0 spiro atoms. The fraction of sp³-hybridized carbons (Fsp3) is 0.385. The molecule has 14 heavy (non-hydrogen) atoms. The Kier molecular flexibility index (Phi) is 4.24. The van der Waals surface area contributed by atoms with Gasteiger partial charge in [0.1, 0.15) is 5.76 Å². The molecule has 0 aromatic heterocycles. The van der Waals surface area contributed by atoms with E-state index in [2.05, 4.69) is 32.6 Å². The number of aryl methyl sites for hydroxylation is 1. The Morgan fingerprint density at radius 2 is 1.93 bits per heavy atom. The Morgan fingerprint density at radius 1 is 1.29 bits per heavy atom. The number of benzene rings is 1. The Hall–Kier alpha value is -1.24. The number of hydrogen-bond donors (Lipinski definition) is 0. The van der Waals surface area contributed by atoms with Gasteiger partial charge in [-0.25, -0.2) is 0 Å². The van der Waals surface area contributed by atoms with E-state index in [1.54, 1.807) is 0 Å². The van der Waals surface area contributed by atoms with Crippen molar-refractivity contribution in [3.05, 3.63) is 42.0 Å². The van der Waals surface area contributed by atoms with Crippen LogP contribution in [0.4, 0.5) is 0 Å². The molecule has 0 aliphatic carbocycles. The highest BCUT2D eigenvalue weighted by Crippen LogP contribution is 2.14. The molecule has 0 amide bonds. The standard InChI is InChI=1S/C13H18O/c1-4-5-10-14-12(3)13-8-6-11(2)7-9-13/h6-9H,3-5,10H2,1-2H3. The summed E-state index contributed by atoms with van der Waals surface area (Å²) in [7, 11) is 0. The van der Waals surface area contributed by atoms with Gasteiger partial charge in [-0.15, -0.1) is 0 Å². The van der Waals surface area contributed by atoms with Crippen molar-refractivity contribution in [2.75, 3.05) is 6.61 Å². The second-order valence-corrected chi connectivity index (χ2v) is 3.49. The van der Waals surface area contributed by atoms with Gasteiger partial charge in [0.05, 0.1) is 6.61 Å². The summed E-state index contributed by atoms with van der Waals surface area (Å²) < 4.78 is 5.51. The molecule has 0 aliphatic rings. The summed E-state index contributed by atoms with van der Waals surface area (Å²) in [6.45, 7) is 8.90. The van der Waals surface area contributed by atoms with Crippen molar-refractivity contribution in [2.45, 2.75) is 26.7 Å². The van der Waals surface area contributed by atoms with Gasteiger partial charge in [-0.1, -0.05) is 49.8 Å². The fourth-order valence-electron chi connectivity index (χ4n) is 1.16. The second-order valence-electron chi connectivity index (χ2n) is 3.49. The van der Waals surface area contributed by atoms with Crippen LogP contribution in [0.3, 0.4) is 0 Å². The Labute approximate surface area is 86.4 Å². The number of unbranched alkanes of at least 4 members (excludes halogenated alkanes) is 1. The van der Waals surface area contributed by atoms with Gasteiger partial charge in [0.15, 0.2) is 0 Å². The SMILES string of the molecule is C=C(OCCCC)c1ccc(C)cc1. The summed E-state index contributed by atoms with van der Waals surface area (Å²) in [5, 5.41) is 0. The van der Waals surface area contributed by atoms with E-state index in [1.807, 2.05) is 12.1 Å². The topological polar surface area (TPSA) is 9.23 Å². The monoisotopic (exact) mass is 190 g/mol. The highest BCUT2D eigenvalue weighted by Gasteiger charge is 1.98. The molecule has 0 aliphatic heterocycles. The normalized spacial score (nSPS) is 9.86. The lowest BCUT2D eigenvalue weighted by Gasteiger charge is -2.08. The summed E-state index contributed by atoms with van der Waals surface area (Å²) in [6, 6.07) is 8.24.